The molecule has 1 saturated heterocycles. The third kappa shape index (κ3) is 1.37. The minimum atomic E-state index is -1.09. The summed E-state index contributed by atoms with van der Waals surface area (Å²) in [5, 5.41) is 9.32. The van der Waals surface area contributed by atoms with Crippen LogP contribution in [0.1, 0.15) is 17.0 Å². The van der Waals surface area contributed by atoms with Crippen molar-refractivity contribution in [3.63, 3.8) is 0 Å². The molecule has 1 N–H and O–H groups in total. The van der Waals surface area contributed by atoms with Crippen molar-refractivity contribution in [3.8, 4) is 0 Å². The first-order valence-corrected chi connectivity index (χ1v) is 5.65. The Morgan fingerprint density at radius 1 is 1.22 bits per heavy atom. The van der Waals surface area contributed by atoms with Crippen LogP contribution in [0, 0.1) is 11.8 Å². The summed E-state index contributed by atoms with van der Waals surface area (Å²) in [6.07, 6.45) is 0.370. The number of ether oxygens (including phenoxy) is 1. The number of carboxylic acid groups (broad SMARTS) is 1. The summed E-state index contributed by atoms with van der Waals surface area (Å²) in [4.78, 5) is 34.6. The first kappa shape index (κ1) is 11.0. The molecule has 5 heteroatoms. The lowest BCUT2D eigenvalue weighted by atomic mass is 9.70. The van der Waals surface area contributed by atoms with Gasteiger partial charge in [-0.3, -0.25) is 14.4 Å². The van der Waals surface area contributed by atoms with Crippen LogP contribution in [0.4, 0.5) is 0 Å². The zero-order valence-electron chi connectivity index (χ0n) is 9.33. The van der Waals surface area contributed by atoms with Crippen molar-refractivity contribution < 1.29 is 24.2 Å². The highest BCUT2D eigenvalue weighted by Gasteiger charge is 2.54. The first-order chi connectivity index (χ1) is 8.59. The molecule has 1 aromatic carbocycles. The van der Waals surface area contributed by atoms with Gasteiger partial charge in [0.2, 0.25) is 0 Å². The summed E-state index contributed by atoms with van der Waals surface area (Å²) in [5.74, 6) is -4.95. The number of hydrogen-bond donors (Lipinski definition) is 1. The molecule has 1 fully saturated rings. The second kappa shape index (κ2) is 3.66. The smallest absolute Gasteiger partial charge is 0.318 e. The van der Waals surface area contributed by atoms with E-state index in [2.05, 4.69) is 4.74 Å². The Balaban J connectivity index is 2.16. The third-order valence-electron chi connectivity index (χ3n) is 3.66. The summed E-state index contributed by atoms with van der Waals surface area (Å²) in [7, 11) is 0. The van der Waals surface area contributed by atoms with E-state index in [0.717, 1.165) is 5.56 Å². The van der Waals surface area contributed by atoms with Gasteiger partial charge in [-0.1, -0.05) is 24.3 Å². The lowest BCUT2D eigenvalue weighted by Gasteiger charge is -2.28. The number of carbonyl (C=O) groups is 3. The van der Waals surface area contributed by atoms with E-state index in [1.165, 1.54) is 0 Å². The Bertz CT molecular complexity index is 562. The molecule has 92 valence electrons. The molecule has 0 spiro atoms. The monoisotopic (exact) mass is 246 g/mol. The predicted octanol–water partition coefficient (Wildman–Crippen LogP) is 0.727. The SMILES string of the molecule is O=C1OC(=O)C2C1Cc1ccccc1C2C(=O)O. The fourth-order valence-corrected chi connectivity index (χ4v) is 2.87. The van der Waals surface area contributed by atoms with E-state index in [1.807, 2.05) is 0 Å². The van der Waals surface area contributed by atoms with E-state index in [0.29, 0.717) is 12.0 Å². The number of benzene rings is 1. The highest BCUT2D eigenvalue weighted by molar-refractivity contribution is 6.00. The number of hydrogen-bond acceptors (Lipinski definition) is 4. The van der Waals surface area contributed by atoms with E-state index in [-0.39, 0.29) is 0 Å². The maximum Gasteiger partial charge on any atom is 0.318 e. The molecule has 18 heavy (non-hydrogen) atoms. The molecular weight excluding hydrogens is 236 g/mol. The summed E-state index contributed by atoms with van der Waals surface area (Å²) < 4.78 is 4.58. The number of rotatable bonds is 1. The highest BCUT2D eigenvalue weighted by atomic mass is 16.6. The van der Waals surface area contributed by atoms with Gasteiger partial charge < -0.3 is 9.84 Å². The van der Waals surface area contributed by atoms with Crippen molar-refractivity contribution in [2.45, 2.75) is 12.3 Å². The summed E-state index contributed by atoms with van der Waals surface area (Å²) >= 11 is 0. The largest absolute Gasteiger partial charge is 0.481 e. The first-order valence-electron chi connectivity index (χ1n) is 5.65. The van der Waals surface area contributed by atoms with Gasteiger partial charge in [-0.05, 0) is 17.5 Å². The molecule has 3 atom stereocenters. The highest BCUT2D eigenvalue weighted by Crippen LogP contribution is 2.44. The van der Waals surface area contributed by atoms with Gasteiger partial charge in [0.05, 0.1) is 17.8 Å². The van der Waals surface area contributed by atoms with Gasteiger partial charge in [-0.25, -0.2) is 0 Å². The van der Waals surface area contributed by atoms with Gasteiger partial charge in [-0.15, -0.1) is 0 Å². The minimum Gasteiger partial charge on any atom is -0.481 e. The zero-order valence-corrected chi connectivity index (χ0v) is 9.33. The number of fused-ring (bicyclic) bond motifs is 2. The molecule has 0 radical (unpaired) electrons. The quantitative estimate of drug-likeness (QED) is 0.583. The Morgan fingerprint density at radius 2 is 1.94 bits per heavy atom. The van der Waals surface area contributed by atoms with Gasteiger partial charge in [0.1, 0.15) is 0 Å². The molecule has 1 aliphatic heterocycles. The number of esters is 2. The average Bonchev–Trinajstić information content (AvgIpc) is 2.62. The number of aliphatic carboxylic acids is 1. The molecule has 1 aliphatic carbocycles. The molecule has 1 heterocycles. The second-order valence-electron chi connectivity index (χ2n) is 4.59. The molecule has 5 nitrogen and oxygen atoms in total. The molecule has 0 saturated carbocycles. The third-order valence-corrected chi connectivity index (χ3v) is 3.66. The molecule has 2 aliphatic rings. The van der Waals surface area contributed by atoms with E-state index >= 15 is 0 Å². The summed E-state index contributed by atoms with van der Waals surface area (Å²) in [6, 6.07) is 7.01. The number of cyclic esters (lactones) is 2. The maximum atomic E-state index is 11.6. The second-order valence-corrected chi connectivity index (χ2v) is 4.59. The van der Waals surface area contributed by atoms with Crippen LogP contribution in [0.3, 0.4) is 0 Å². The minimum absolute atomic E-state index is 0.370. The molecule has 3 unspecified atom stereocenters. The molecule has 0 aromatic heterocycles. The van der Waals surface area contributed by atoms with Crippen LogP contribution in [-0.2, 0) is 25.5 Å². The van der Waals surface area contributed by atoms with E-state index in [1.54, 1.807) is 24.3 Å². The van der Waals surface area contributed by atoms with Gasteiger partial charge >= 0.3 is 17.9 Å². The molecule has 3 rings (SSSR count). The van der Waals surface area contributed by atoms with Crippen LogP contribution in [-0.4, -0.2) is 23.0 Å². The number of carbonyl (C=O) groups excluding carboxylic acids is 2. The fourth-order valence-electron chi connectivity index (χ4n) is 2.87. The van der Waals surface area contributed by atoms with Crippen molar-refractivity contribution in [1.29, 1.82) is 0 Å². The van der Waals surface area contributed by atoms with Gasteiger partial charge in [0, 0.05) is 0 Å². The van der Waals surface area contributed by atoms with Crippen LogP contribution in [0.5, 0.6) is 0 Å². The van der Waals surface area contributed by atoms with E-state index < -0.39 is 35.7 Å². The lowest BCUT2D eigenvalue weighted by molar-refractivity contribution is -0.155. The van der Waals surface area contributed by atoms with Crippen LogP contribution in [0.15, 0.2) is 24.3 Å². The Morgan fingerprint density at radius 3 is 2.67 bits per heavy atom. The summed E-state index contributed by atoms with van der Waals surface area (Å²) in [5.41, 5.74) is 1.41. The molecule has 0 bridgehead atoms. The van der Waals surface area contributed by atoms with Gasteiger partial charge in [0.15, 0.2) is 0 Å². The topological polar surface area (TPSA) is 80.7 Å². The Labute approximate surface area is 102 Å². The van der Waals surface area contributed by atoms with E-state index in [4.69, 9.17) is 0 Å². The average molecular weight is 246 g/mol. The summed E-state index contributed by atoms with van der Waals surface area (Å²) in [6.45, 7) is 0. The fraction of sp³-hybridized carbons (Fsp3) is 0.308. The van der Waals surface area contributed by atoms with Crippen molar-refractivity contribution in [2.75, 3.05) is 0 Å². The van der Waals surface area contributed by atoms with Crippen molar-refractivity contribution in [1.82, 2.24) is 0 Å². The normalized spacial score (nSPS) is 29.4. The predicted molar refractivity (Wildman–Crippen MR) is 58.6 cm³/mol. The van der Waals surface area contributed by atoms with Crippen LogP contribution >= 0.6 is 0 Å². The van der Waals surface area contributed by atoms with Crippen molar-refractivity contribution >= 4 is 17.9 Å². The maximum absolute atomic E-state index is 11.6. The lowest BCUT2D eigenvalue weighted by Crippen LogP contribution is -2.35. The molecule has 1 aromatic rings. The Kier molecular flexibility index (Phi) is 2.23. The standard InChI is InChI=1S/C13H10O5/c14-11(15)9-7-4-2-1-3-6(7)5-8-10(9)13(17)18-12(8)16/h1-4,8-10H,5H2,(H,14,15). The van der Waals surface area contributed by atoms with Crippen LogP contribution in [0.25, 0.3) is 0 Å². The van der Waals surface area contributed by atoms with Crippen LogP contribution < -0.4 is 0 Å². The number of carboxylic acids is 1. The van der Waals surface area contributed by atoms with Crippen LogP contribution in [0.2, 0.25) is 0 Å². The zero-order chi connectivity index (χ0) is 12.9. The molecular formula is C13H10O5. The van der Waals surface area contributed by atoms with Crippen molar-refractivity contribution in [2.24, 2.45) is 11.8 Å². The van der Waals surface area contributed by atoms with E-state index in [9.17, 15) is 19.5 Å². The molecule has 0 amide bonds. The Hall–Kier alpha value is -2.17. The van der Waals surface area contributed by atoms with Gasteiger partial charge in [0.25, 0.3) is 0 Å². The van der Waals surface area contributed by atoms with Crippen molar-refractivity contribution in [3.05, 3.63) is 35.4 Å². The van der Waals surface area contributed by atoms with Gasteiger partial charge in [-0.2, -0.15) is 0 Å².